The normalized spacial score (nSPS) is 26.7. The van der Waals surface area contributed by atoms with Crippen molar-refractivity contribution in [3.63, 3.8) is 0 Å². The van der Waals surface area contributed by atoms with Crippen molar-refractivity contribution >= 4 is 70.9 Å². The van der Waals surface area contributed by atoms with Crippen LogP contribution in [0.1, 0.15) is 149 Å². The Hall–Kier alpha value is -7.21. The molecule has 2 aliphatic heterocycles. The van der Waals surface area contributed by atoms with Crippen LogP contribution in [0.4, 0.5) is 13.2 Å². The SMILES string of the molecule is C=C(C)[C@@H]1NC(=O)[C@H]([C@H](C)COCC(=O)N2CCN(CCC(F)(F)F)CC2)N(C)C(=O)[C@@H](C)N(C)C(=O)[C@H](CC)NC(=O)[C@H]([C@H](O)[C@H](C)C/C=C/C)N(C)C(=O)[C@H](C(C)C)N(C)C(=O)[C@H](CC(C)C)N(C)C(=O)[C@H](CC(C)C)N(C)C(=O)[C@@H](C)NC(=O)[C@H](C)NC(=O)[C@H](CC(C)C)N(C)C1=O. The molecule has 0 aliphatic carbocycles. The number of ether oxygens (including phenoxy) is 1. The number of piperazine rings is 1. The van der Waals surface area contributed by atoms with E-state index in [1.54, 1.807) is 65.5 Å². The highest BCUT2D eigenvalue weighted by Crippen LogP contribution is 2.27. The van der Waals surface area contributed by atoms with Crippen LogP contribution in [-0.2, 0) is 62.3 Å². The second-order valence-electron chi connectivity index (χ2n) is 29.4. The number of aliphatic hydroxyl groups is 1. The Morgan fingerprint density at radius 3 is 1.52 bits per heavy atom. The van der Waals surface area contributed by atoms with Crippen LogP contribution in [-0.4, -0.2) is 294 Å². The molecule has 0 unspecified atom stereocenters. The highest BCUT2D eigenvalue weighted by Gasteiger charge is 2.47. The summed E-state index contributed by atoms with van der Waals surface area (Å²) in [5.74, 6) is -12.2. The molecule has 12 amide bonds. The highest BCUT2D eigenvalue weighted by molar-refractivity contribution is 6.00. The van der Waals surface area contributed by atoms with Crippen LogP contribution in [0.2, 0.25) is 0 Å². The monoisotopic (exact) mass is 1440 g/mol. The molecule has 0 saturated carbocycles. The van der Waals surface area contributed by atoms with Crippen LogP contribution in [0.25, 0.3) is 0 Å². The predicted molar refractivity (Wildman–Crippen MR) is 377 cm³/mol. The second-order valence-corrected chi connectivity index (χ2v) is 29.4. The fourth-order valence-electron chi connectivity index (χ4n) is 12.7. The minimum absolute atomic E-state index is 0.0397. The lowest BCUT2D eigenvalue weighted by Gasteiger charge is -2.41. The first-order chi connectivity index (χ1) is 46.7. The Morgan fingerprint density at radius 1 is 0.574 bits per heavy atom. The van der Waals surface area contributed by atoms with Crippen LogP contribution in [0.5, 0.6) is 0 Å². The third-order valence-electron chi connectivity index (χ3n) is 19.2. The van der Waals surface area contributed by atoms with E-state index in [1.165, 1.54) is 104 Å². The fraction of sp³-hybridized carbons (Fsp3) is 0.775. The molecule has 30 heteroatoms. The van der Waals surface area contributed by atoms with E-state index >= 15 is 28.8 Å². The number of allylic oxidation sites excluding steroid dienone is 2. The van der Waals surface area contributed by atoms with Gasteiger partial charge in [0, 0.05) is 88.0 Å². The Kier molecular flexibility index (Phi) is 36.1. The third kappa shape index (κ3) is 25.6. The van der Waals surface area contributed by atoms with Crippen molar-refractivity contribution in [1.29, 1.82) is 0 Å². The van der Waals surface area contributed by atoms with E-state index in [9.17, 15) is 47.0 Å². The van der Waals surface area contributed by atoms with Crippen molar-refractivity contribution in [2.24, 2.45) is 35.5 Å². The molecule has 2 fully saturated rings. The lowest BCUT2D eigenvalue weighted by molar-refractivity contribution is -0.157. The van der Waals surface area contributed by atoms with Crippen LogP contribution >= 0.6 is 0 Å². The van der Waals surface area contributed by atoms with Gasteiger partial charge in [-0.1, -0.05) is 94.9 Å². The quantitative estimate of drug-likeness (QED) is 0.109. The number of nitrogens with one attached hydrogen (secondary N) is 4. The standard InChI is InChI=1S/C71H122F3N13O14/c1-25-27-28-45(13)59(89)58-63(93)77-50(26-2)66(96)79(18)49(17)65(95)84(23)57(46(14)38-101-39-54(88)87-33-31-86(32-34-87)30-29-71(72,73)74)62(92)78-55(43(9)10)69(99)80(19)51(35-40(3)4)61(91)75-47(15)60(90)76-48(16)64(94)81(20)52(36-41(5)6)67(97)82(21)53(37-42(7)8)68(98)83(22)56(44(11)12)70(100)85(58)24/h25,27,40-42,44-53,55-59,89H,9,26,28-39H2,1-8,10-24H3,(H,75,91)(H,76,90)(H,77,93)(H,78,92)/b27-25+/t45-,46-,47+,48-,49-,50+,51+,52+,53+,55+,56+,57+,58+,59-/m1/s1. The van der Waals surface area contributed by atoms with Gasteiger partial charge in [0.25, 0.3) is 0 Å². The molecule has 0 aromatic carbocycles. The zero-order valence-electron chi connectivity index (χ0n) is 64.4. The van der Waals surface area contributed by atoms with E-state index in [4.69, 9.17) is 4.74 Å². The summed E-state index contributed by atoms with van der Waals surface area (Å²) >= 11 is 0. The van der Waals surface area contributed by atoms with E-state index in [2.05, 4.69) is 27.8 Å². The fourth-order valence-corrected chi connectivity index (χ4v) is 12.7. The number of carbonyl (C=O) groups excluding carboxylic acids is 12. The van der Waals surface area contributed by atoms with E-state index in [0.29, 0.717) is 0 Å². The van der Waals surface area contributed by atoms with Crippen molar-refractivity contribution in [2.45, 2.75) is 228 Å². The van der Waals surface area contributed by atoms with Crippen molar-refractivity contribution in [2.75, 3.05) is 95.3 Å². The molecular formula is C71H122F3N13O14. The first-order valence-electron chi connectivity index (χ1n) is 35.4. The van der Waals surface area contributed by atoms with Gasteiger partial charge in [0.1, 0.15) is 73.1 Å². The summed E-state index contributed by atoms with van der Waals surface area (Å²) in [4.78, 5) is 188. The van der Waals surface area contributed by atoms with E-state index in [-0.39, 0.29) is 94.8 Å². The van der Waals surface area contributed by atoms with Gasteiger partial charge in [0.2, 0.25) is 70.9 Å². The Balaban J connectivity index is 3.00. The summed E-state index contributed by atoms with van der Waals surface area (Å²) < 4.78 is 44.9. The number of nitrogens with zero attached hydrogens (tertiary/aromatic N) is 9. The molecule has 27 nitrogen and oxygen atoms in total. The zero-order chi connectivity index (χ0) is 77.7. The lowest BCUT2D eigenvalue weighted by atomic mass is 9.91. The summed E-state index contributed by atoms with van der Waals surface area (Å²) in [6.45, 7) is 30.0. The number of halogens is 3. The molecule has 2 aliphatic rings. The zero-order valence-corrected chi connectivity index (χ0v) is 64.4. The lowest BCUT2D eigenvalue weighted by Crippen LogP contribution is -2.64. The molecule has 5 N–H and O–H groups in total. The maximum atomic E-state index is 15.3. The molecule has 0 spiro atoms. The molecule has 0 aromatic rings. The number of aliphatic hydroxyl groups excluding tert-OH is 1. The largest absolute Gasteiger partial charge is 0.390 e. The van der Waals surface area contributed by atoms with E-state index < -0.39 is 180 Å². The average molecular weight is 1440 g/mol. The van der Waals surface area contributed by atoms with Crippen LogP contribution in [0.15, 0.2) is 24.3 Å². The molecule has 0 aromatic heterocycles. The van der Waals surface area contributed by atoms with Gasteiger partial charge in [0.15, 0.2) is 0 Å². The first kappa shape index (κ1) is 89.9. The van der Waals surface area contributed by atoms with E-state index in [0.717, 1.165) is 19.6 Å². The van der Waals surface area contributed by atoms with Crippen molar-refractivity contribution in [3.8, 4) is 0 Å². The van der Waals surface area contributed by atoms with Gasteiger partial charge in [-0.25, -0.2) is 0 Å². The van der Waals surface area contributed by atoms with Crippen molar-refractivity contribution < 1.29 is 80.5 Å². The highest BCUT2D eigenvalue weighted by atomic mass is 19.4. The molecule has 2 heterocycles. The van der Waals surface area contributed by atoms with Crippen LogP contribution in [0.3, 0.4) is 0 Å². The summed E-state index contributed by atoms with van der Waals surface area (Å²) in [5.41, 5.74) is 0.0903. The molecule has 2 saturated heterocycles. The molecule has 0 radical (unpaired) electrons. The molecule has 14 atom stereocenters. The summed E-state index contributed by atoms with van der Waals surface area (Å²) in [7, 11) is 9.46. The first-order valence-corrected chi connectivity index (χ1v) is 35.4. The molecular weight excluding hydrogens is 1320 g/mol. The Bertz CT molecular complexity index is 2890. The number of hydrogen-bond acceptors (Lipinski definition) is 15. The molecule has 576 valence electrons. The summed E-state index contributed by atoms with van der Waals surface area (Å²) in [5, 5.41) is 23.0. The van der Waals surface area contributed by atoms with E-state index in [1.807, 2.05) is 27.7 Å². The maximum Gasteiger partial charge on any atom is 0.390 e. The number of amides is 12. The number of hydrogen-bond donors (Lipinski definition) is 5. The predicted octanol–water partition coefficient (Wildman–Crippen LogP) is 3.28. The van der Waals surface area contributed by atoms with Gasteiger partial charge in [-0.05, 0) is 102 Å². The minimum atomic E-state index is -4.35. The van der Waals surface area contributed by atoms with Crippen molar-refractivity contribution in [3.05, 3.63) is 24.3 Å². The smallest absolute Gasteiger partial charge is 0.390 e. The topological polar surface area (TPSA) is 312 Å². The Morgan fingerprint density at radius 2 is 1.04 bits per heavy atom. The average Bonchev–Trinajstić information content (AvgIpc) is 0.808. The van der Waals surface area contributed by atoms with Gasteiger partial charge in [0.05, 0.1) is 19.1 Å². The molecule has 101 heavy (non-hydrogen) atoms. The Labute approximate surface area is 597 Å². The summed E-state index contributed by atoms with van der Waals surface area (Å²) in [6.07, 6.45) is -2.99. The number of carbonyl (C=O) groups is 12. The van der Waals surface area contributed by atoms with Crippen molar-refractivity contribution in [1.82, 2.24) is 65.4 Å². The minimum Gasteiger partial charge on any atom is -0.390 e. The molecule has 2 rings (SSSR count). The van der Waals surface area contributed by atoms with Gasteiger partial charge in [-0.15, -0.1) is 0 Å². The van der Waals surface area contributed by atoms with Crippen LogP contribution in [0, 0.1) is 35.5 Å². The van der Waals surface area contributed by atoms with Crippen LogP contribution < -0.4 is 21.3 Å². The third-order valence-corrected chi connectivity index (χ3v) is 19.2. The summed E-state index contributed by atoms with van der Waals surface area (Å²) in [6, 6.07) is -15.3. The number of rotatable bonds is 20. The maximum absolute atomic E-state index is 15.3. The molecule has 0 bridgehead atoms. The number of alkyl halides is 3. The van der Waals surface area contributed by atoms with Gasteiger partial charge < -0.3 is 70.3 Å². The second kappa shape index (κ2) is 40.6. The van der Waals surface area contributed by atoms with Gasteiger partial charge in [-0.3, -0.25) is 62.4 Å². The van der Waals surface area contributed by atoms with Gasteiger partial charge >= 0.3 is 6.18 Å². The van der Waals surface area contributed by atoms with Gasteiger partial charge in [-0.2, -0.15) is 13.2 Å². The number of likely N-dealkylation sites (N-methyl/N-ethyl adjacent to an activating group) is 7.